The Hall–Kier alpha value is -3.67. The maximum atomic E-state index is 12.6. The molecule has 0 unspecified atom stereocenters. The van der Waals surface area contributed by atoms with Gasteiger partial charge in [-0.15, -0.1) is 0 Å². The molecule has 0 aliphatic carbocycles. The number of methoxy groups -OCH3 is 1. The van der Waals surface area contributed by atoms with E-state index in [1.165, 1.54) is 0 Å². The van der Waals surface area contributed by atoms with Gasteiger partial charge >= 0.3 is 5.97 Å². The Morgan fingerprint density at radius 1 is 1.07 bits per heavy atom. The molecule has 6 nitrogen and oxygen atoms in total. The number of benzene rings is 2. The zero-order chi connectivity index (χ0) is 20.2. The lowest BCUT2D eigenvalue weighted by molar-refractivity contribution is 0.0528. The molecular weight excluding hydrogens is 366 g/mol. The smallest absolute Gasteiger partial charge is 0.339 e. The minimum absolute atomic E-state index is 0.304. The number of carbonyl (C=O) groups excluding carboxylic acids is 1. The number of esters is 1. The average molecular weight is 387 g/mol. The SMILES string of the molecule is CCOC(=O)c1cc(-c2ccc(OC)cc2)nc2c1cnn2Cc1ccccc1. The number of hydrogen-bond donors (Lipinski definition) is 0. The van der Waals surface area contributed by atoms with E-state index in [1.54, 1.807) is 31.0 Å². The molecule has 0 spiro atoms. The van der Waals surface area contributed by atoms with E-state index in [1.807, 2.05) is 54.6 Å². The van der Waals surface area contributed by atoms with Gasteiger partial charge in [0.2, 0.25) is 0 Å². The molecule has 0 saturated heterocycles. The first kappa shape index (κ1) is 18.7. The van der Waals surface area contributed by atoms with Gasteiger partial charge in [0.25, 0.3) is 0 Å². The predicted octanol–water partition coefficient (Wildman–Crippen LogP) is 4.33. The van der Waals surface area contributed by atoms with E-state index in [4.69, 9.17) is 14.5 Å². The van der Waals surface area contributed by atoms with Crippen LogP contribution in [-0.4, -0.2) is 34.5 Å². The topological polar surface area (TPSA) is 66.2 Å². The zero-order valence-corrected chi connectivity index (χ0v) is 16.3. The fourth-order valence-corrected chi connectivity index (χ4v) is 3.21. The second-order valence-electron chi connectivity index (χ2n) is 6.53. The molecule has 2 heterocycles. The monoisotopic (exact) mass is 387 g/mol. The highest BCUT2D eigenvalue weighted by atomic mass is 16.5. The lowest BCUT2D eigenvalue weighted by atomic mass is 10.1. The molecular formula is C23H21N3O3. The molecule has 0 aliphatic heterocycles. The fourth-order valence-electron chi connectivity index (χ4n) is 3.21. The molecule has 0 atom stereocenters. The number of fused-ring (bicyclic) bond motifs is 1. The molecule has 0 fully saturated rings. The van der Waals surface area contributed by atoms with Gasteiger partial charge in [-0.05, 0) is 42.8 Å². The lowest BCUT2D eigenvalue weighted by Crippen LogP contribution is -2.08. The standard InChI is InChI=1S/C23H21N3O3/c1-3-29-23(27)19-13-21(17-9-11-18(28-2)12-10-17)25-22-20(19)14-24-26(22)15-16-7-5-4-6-8-16/h4-14H,3,15H2,1-2H3. The van der Waals surface area contributed by atoms with Crippen molar-refractivity contribution < 1.29 is 14.3 Å². The molecule has 0 bridgehead atoms. The number of rotatable bonds is 6. The molecule has 0 amide bonds. The van der Waals surface area contributed by atoms with Crippen LogP contribution in [0.15, 0.2) is 66.9 Å². The maximum Gasteiger partial charge on any atom is 0.339 e. The van der Waals surface area contributed by atoms with E-state index >= 15 is 0 Å². The van der Waals surface area contributed by atoms with Crippen molar-refractivity contribution in [2.24, 2.45) is 0 Å². The van der Waals surface area contributed by atoms with Crippen LogP contribution >= 0.6 is 0 Å². The van der Waals surface area contributed by atoms with Crippen molar-refractivity contribution in [2.75, 3.05) is 13.7 Å². The van der Waals surface area contributed by atoms with Crippen molar-refractivity contribution in [3.63, 3.8) is 0 Å². The Labute approximate surface area is 168 Å². The van der Waals surface area contributed by atoms with E-state index in [-0.39, 0.29) is 5.97 Å². The second-order valence-corrected chi connectivity index (χ2v) is 6.53. The van der Waals surface area contributed by atoms with E-state index in [2.05, 4.69) is 5.10 Å². The first-order valence-electron chi connectivity index (χ1n) is 9.41. The van der Waals surface area contributed by atoms with Gasteiger partial charge in [0.05, 0.1) is 43.1 Å². The summed E-state index contributed by atoms with van der Waals surface area (Å²) in [5.41, 5.74) is 3.77. The quantitative estimate of drug-likeness (QED) is 0.461. The minimum Gasteiger partial charge on any atom is -0.497 e. The summed E-state index contributed by atoms with van der Waals surface area (Å²) < 4.78 is 12.3. The van der Waals surface area contributed by atoms with Gasteiger partial charge < -0.3 is 9.47 Å². The lowest BCUT2D eigenvalue weighted by Gasteiger charge is -2.09. The summed E-state index contributed by atoms with van der Waals surface area (Å²) in [5.74, 6) is 0.378. The molecule has 0 aliphatic rings. The Morgan fingerprint density at radius 2 is 1.83 bits per heavy atom. The Balaban J connectivity index is 1.84. The Bertz CT molecular complexity index is 1140. The number of nitrogens with zero attached hydrogens (tertiary/aromatic N) is 3. The molecule has 0 radical (unpaired) electrons. The van der Waals surface area contributed by atoms with Crippen LogP contribution in [0.4, 0.5) is 0 Å². The number of pyridine rings is 1. The van der Waals surface area contributed by atoms with Crippen LogP contribution in [0.5, 0.6) is 5.75 Å². The van der Waals surface area contributed by atoms with Crippen molar-refractivity contribution in [1.29, 1.82) is 0 Å². The summed E-state index contributed by atoms with van der Waals surface area (Å²) in [6.07, 6.45) is 1.68. The molecule has 29 heavy (non-hydrogen) atoms. The highest BCUT2D eigenvalue weighted by Crippen LogP contribution is 2.27. The number of ether oxygens (including phenoxy) is 2. The molecule has 2 aromatic heterocycles. The summed E-state index contributed by atoms with van der Waals surface area (Å²) in [7, 11) is 1.63. The van der Waals surface area contributed by atoms with Crippen molar-refractivity contribution in [3.05, 3.63) is 78.0 Å². The third kappa shape index (κ3) is 3.82. The van der Waals surface area contributed by atoms with Crippen LogP contribution < -0.4 is 4.74 Å². The number of aromatic nitrogens is 3. The first-order chi connectivity index (χ1) is 14.2. The average Bonchev–Trinajstić information content (AvgIpc) is 3.16. The first-order valence-corrected chi connectivity index (χ1v) is 9.41. The molecule has 4 aromatic rings. The summed E-state index contributed by atoms with van der Waals surface area (Å²) in [6.45, 7) is 2.66. The van der Waals surface area contributed by atoms with Gasteiger partial charge in [-0.2, -0.15) is 5.10 Å². The highest BCUT2D eigenvalue weighted by Gasteiger charge is 2.18. The molecule has 2 aromatic carbocycles. The van der Waals surface area contributed by atoms with Crippen LogP contribution in [0.25, 0.3) is 22.3 Å². The summed E-state index contributed by atoms with van der Waals surface area (Å²) in [4.78, 5) is 17.4. The van der Waals surface area contributed by atoms with Crippen LogP contribution in [0.3, 0.4) is 0 Å². The second kappa shape index (κ2) is 8.14. The minimum atomic E-state index is -0.381. The summed E-state index contributed by atoms with van der Waals surface area (Å²) in [6, 6.07) is 19.3. The number of carbonyl (C=O) groups is 1. The predicted molar refractivity (Wildman–Crippen MR) is 111 cm³/mol. The van der Waals surface area contributed by atoms with Crippen LogP contribution in [0.2, 0.25) is 0 Å². The van der Waals surface area contributed by atoms with Gasteiger partial charge in [0, 0.05) is 5.56 Å². The van der Waals surface area contributed by atoms with E-state index in [0.717, 1.165) is 16.9 Å². The van der Waals surface area contributed by atoms with Gasteiger partial charge in [-0.1, -0.05) is 30.3 Å². The van der Waals surface area contributed by atoms with E-state index < -0.39 is 0 Å². The normalized spacial score (nSPS) is 10.8. The summed E-state index contributed by atoms with van der Waals surface area (Å²) in [5, 5.41) is 5.16. The van der Waals surface area contributed by atoms with E-state index in [9.17, 15) is 4.79 Å². The van der Waals surface area contributed by atoms with Crippen molar-refractivity contribution in [2.45, 2.75) is 13.5 Å². The Kier molecular flexibility index (Phi) is 5.24. The molecule has 0 N–H and O–H groups in total. The van der Waals surface area contributed by atoms with Crippen molar-refractivity contribution >= 4 is 17.0 Å². The van der Waals surface area contributed by atoms with Crippen LogP contribution in [-0.2, 0) is 11.3 Å². The van der Waals surface area contributed by atoms with Crippen LogP contribution in [0.1, 0.15) is 22.8 Å². The van der Waals surface area contributed by atoms with Gasteiger partial charge in [-0.3, -0.25) is 0 Å². The van der Waals surface area contributed by atoms with E-state index in [0.29, 0.717) is 35.4 Å². The third-order valence-corrected chi connectivity index (χ3v) is 4.67. The fraction of sp³-hybridized carbons (Fsp3) is 0.174. The maximum absolute atomic E-state index is 12.6. The summed E-state index contributed by atoms with van der Waals surface area (Å²) >= 11 is 0. The largest absolute Gasteiger partial charge is 0.497 e. The third-order valence-electron chi connectivity index (χ3n) is 4.67. The van der Waals surface area contributed by atoms with Gasteiger partial charge in [-0.25, -0.2) is 14.5 Å². The van der Waals surface area contributed by atoms with Crippen LogP contribution in [0, 0.1) is 0 Å². The highest BCUT2D eigenvalue weighted by molar-refractivity contribution is 6.03. The molecule has 146 valence electrons. The zero-order valence-electron chi connectivity index (χ0n) is 16.3. The number of hydrogen-bond acceptors (Lipinski definition) is 5. The molecule has 0 saturated carbocycles. The van der Waals surface area contributed by atoms with Crippen molar-refractivity contribution in [1.82, 2.24) is 14.8 Å². The molecule has 6 heteroatoms. The Morgan fingerprint density at radius 3 is 2.52 bits per heavy atom. The van der Waals surface area contributed by atoms with Gasteiger partial charge in [0.15, 0.2) is 5.65 Å². The van der Waals surface area contributed by atoms with Gasteiger partial charge in [0.1, 0.15) is 5.75 Å². The van der Waals surface area contributed by atoms with Crippen molar-refractivity contribution in [3.8, 4) is 17.0 Å². The molecule has 4 rings (SSSR count).